The molecule has 0 aliphatic heterocycles. The normalized spacial score (nSPS) is 14.3. The van der Waals surface area contributed by atoms with E-state index in [4.69, 9.17) is 11.6 Å². The molecule has 1 fully saturated rings. The molecule has 0 heterocycles. The van der Waals surface area contributed by atoms with Crippen LogP contribution in [-0.4, -0.2) is 20.4 Å². The number of carbonyl (C=O) groups excluding carboxylic acids is 1. The van der Waals surface area contributed by atoms with Crippen LogP contribution in [0, 0.1) is 0 Å². The molecule has 0 atom stereocenters. The van der Waals surface area contributed by atoms with Crippen LogP contribution in [0.15, 0.2) is 53.4 Å². The smallest absolute Gasteiger partial charge is 0.263 e. The van der Waals surface area contributed by atoms with E-state index < -0.39 is 10.0 Å². The number of amides is 1. The number of benzene rings is 2. The number of sulfonamides is 1. The van der Waals surface area contributed by atoms with E-state index in [1.54, 1.807) is 30.3 Å². The molecule has 1 amide bonds. The van der Waals surface area contributed by atoms with Crippen molar-refractivity contribution in [3.8, 4) is 0 Å². The van der Waals surface area contributed by atoms with Crippen LogP contribution in [0.25, 0.3) is 0 Å². The third-order valence-corrected chi connectivity index (χ3v) is 5.30. The van der Waals surface area contributed by atoms with Crippen molar-refractivity contribution in [2.24, 2.45) is 0 Å². The Hall–Kier alpha value is -2.05. The number of halogens is 1. The van der Waals surface area contributed by atoms with Crippen LogP contribution < -0.4 is 10.0 Å². The molecule has 1 saturated carbocycles. The molecule has 120 valence electrons. The zero-order valence-electron chi connectivity index (χ0n) is 12.1. The molecule has 0 saturated heterocycles. The highest BCUT2D eigenvalue weighted by molar-refractivity contribution is 7.92. The Balaban J connectivity index is 1.82. The molecule has 3 rings (SSSR count). The summed E-state index contributed by atoms with van der Waals surface area (Å²) in [5, 5.41) is 3.01. The minimum absolute atomic E-state index is 0.00509. The van der Waals surface area contributed by atoms with Crippen molar-refractivity contribution in [1.29, 1.82) is 0 Å². The van der Waals surface area contributed by atoms with E-state index in [0.717, 1.165) is 12.8 Å². The van der Waals surface area contributed by atoms with Crippen molar-refractivity contribution in [2.45, 2.75) is 23.8 Å². The molecule has 0 unspecified atom stereocenters. The SMILES string of the molecule is O=C(NC1CC1)c1cccc(NS(=O)(=O)c2ccccc2Cl)c1. The predicted octanol–water partition coefficient (Wildman–Crippen LogP) is 3.03. The van der Waals surface area contributed by atoms with Gasteiger partial charge in [-0.2, -0.15) is 0 Å². The molecule has 2 aromatic rings. The Morgan fingerprint density at radius 1 is 1.09 bits per heavy atom. The Labute approximate surface area is 139 Å². The lowest BCUT2D eigenvalue weighted by atomic mass is 10.2. The van der Waals surface area contributed by atoms with Crippen molar-refractivity contribution in [1.82, 2.24) is 5.32 Å². The van der Waals surface area contributed by atoms with Crippen molar-refractivity contribution in [3.63, 3.8) is 0 Å². The van der Waals surface area contributed by atoms with Gasteiger partial charge in [-0.3, -0.25) is 9.52 Å². The topological polar surface area (TPSA) is 75.3 Å². The molecule has 1 aliphatic rings. The number of hydrogen-bond donors (Lipinski definition) is 2. The van der Waals surface area contributed by atoms with Crippen molar-refractivity contribution in [3.05, 3.63) is 59.1 Å². The minimum atomic E-state index is -3.81. The summed E-state index contributed by atoms with van der Waals surface area (Å²) < 4.78 is 27.2. The van der Waals surface area contributed by atoms with E-state index in [2.05, 4.69) is 10.0 Å². The number of rotatable bonds is 5. The van der Waals surface area contributed by atoms with Gasteiger partial charge in [0, 0.05) is 17.3 Å². The van der Waals surface area contributed by atoms with Gasteiger partial charge in [0.1, 0.15) is 4.90 Å². The molecule has 0 aromatic heterocycles. The van der Waals surface area contributed by atoms with Crippen molar-refractivity contribution < 1.29 is 13.2 Å². The lowest BCUT2D eigenvalue weighted by Gasteiger charge is -2.10. The lowest BCUT2D eigenvalue weighted by molar-refractivity contribution is 0.0951. The van der Waals surface area contributed by atoms with Gasteiger partial charge in [0.25, 0.3) is 15.9 Å². The Bertz CT molecular complexity index is 848. The van der Waals surface area contributed by atoms with Gasteiger partial charge in [-0.15, -0.1) is 0 Å². The summed E-state index contributed by atoms with van der Waals surface area (Å²) in [4.78, 5) is 12.0. The second-order valence-corrected chi connectivity index (χ2v) is 7.42. The first-order chi connectivity index (χ1) is 11.0. The summed E-state index contributed by atoms with van der Waals surface area (Å²) >= 11 is 5.94. The average Bonchev–Trinajstić information content (AvgIpc) is 3.31. The van der Waals surface area contributed by atoms with E-state index in [1.165, 1.54) is 18.2 Å². The van der Waals surface area contributed by atoms with Crippen LogP contribution in [0.5, 0.6) is 0 Å². The first kappa shape index (κ1) is 15.8. The van der Waals surface area contributed by atoms with Gasteiger partial charge in [-0.1, -0.05) is 29.8 Å². The van der Waals surface area contributed by atoms with Crippen LogP contribution in [0.1, 0.15) is 23.2 Å². The highest BCUT2D eigenvalue weighted by Gasteiger charge is 2.24. The first-order valence-corrected chi connectivity index (χ1v) is 9.00. The van der Waals surface area contributed by atoms with Crippen LogP contribution in [0.3, 0.4) is 0 Å². The van der Waals surface area contributed by atoms with Gasteiger partial charge >= 0.3 is 0 Å². The summed E-state index contributed by atoms with van der Waals surface area (Å²) in [7, 11) is -3.81. The third-order valence-electron chi connectivity index (χ3n) is 3.42. The molecule has 0 spiro atoms. The van der Waals surface area contributed by atoms with E-state index in [9.17, 15) is 13.2 Å². The molecular weight excluding hydrogens is 336 g/mol. The summed E-state index contributed by atoms with van der Waals surface area (Å²) in [6.07, 6.45) is 1.98. The van der Waals surface area contributed by atoms with Gasteiger partial charge in [0.2, 0.25) is 0 Å². The molecule has 23 heavy (non-hydrogen) atoms. The maximum absolute atomic E-state index is 12.4. The fourth-order valence-corrected chi connectivity index (χ4v) is 3.66. The fourth-order valence-electron chi connectivity index (χ4n) is 2.09. The Kier molecular flexibility index (Phi) is 4.28. The van der Waals surface area contributed by atoms with Crippen LogP contribution in [0.2, 0.25) is 5.02 Å². The Morgan fingerprint density at radius 2 is 1.83 bits per heavy atom. The molecule has 2 N–H and O–H groups in total. The van der Waals surface area contributed by atoms with E-state index in [1.807, 2.05) is 0 Å². The van der Waals surface area contributed by atoms with Crippen LogP contribution >= 0.6 is 11.6 Å². The van der Waals surface area contributed by atoms with E-state index in [0.29, 0.717) is 11.3 Å². The van der Waals surface area contributed by atoms with Gasteiger partial charge in [0.15, 0.2) is 0 Å². The fraction of sp³-hybridized carbons (Fsp3) is 0.188. The second-order valence-electron chi connectivity index (χ2n) is 5.36. The van der Waals surface area contributed by atoms with Gasteiger partial charge < -0.3 is 5.32 Å². The van der Waals surface area contributed by atoms with Crippen molar-refractivity contribution >= 4 is 33.2 Å². The molecular formula is C16H15ClN2O3S. The van der Waals surface area contributed by atoms with Gasteiger partial charge in [0.05, 0.1) is 5.02 Å². The molecule has 5 nitrogen and oxygen atoms in total. The zero-order chi connectivity index (χ0) is 16.4. The maximum atomic E-state index is 12.4. The largest absolute Gasteiger partial charge is 0.349 e. The number of carbonyl (C=O) groups is 1. The highest BCUT2D eigenvalue weighted by Crippen LogP contribution is 2.24. The van der Waals surface area contributed by atoms with Gasteiger partial charge in [-0.05, 0) is 43.2 Å². The lowest BCUT2D eigenvalue weighted by Crippen LogP contribution is -2.25. The quantitative estimate of drug-likeness (QED) is 0.870. The van der Waals surface area contributed by atoms with E-state index >= 15 is 0 Å². The summed E-state index contributed by atoms with van der Waals surface area (Å²) in [5.74, 6) is -0.203. The summed E-state index contributed by atoms with van der Waals surface area (Å²) in [6.45, 7) is 0. The number of nitrogens with one attached hydrogen (secondary N) is 2. The monoisotopic (exact) mass is 350 g/mol. The highest BCUT2D eigenvalue weighted by atomic mass is 35.5. The Morgan fingerprint density at radius 3 is 2.52 bits per heavy atom. The number of hydrogen-bond acceptors (Lipinski definition) is 3. The van der Waals surface area contributed by atoms with Crippen LogP contribution in [-0.2, 0) is 10.0 Å². The van der Waals surface area contributed by atoms with Crippen LogP contribution in [0.4, 0.5) is 5.69 Å². The molecule has 0 bridgehead atoms. The summed E-state index contributed by atoms with van der Waals surface area (Å²) in [6, 6.07) is 12.8. The number of anilines is 1. The predicted molar refractivity (Wildman–Crippen MR) is 89.2 cm³/mol. The second kappa shape index (κ2) is 6.22. The first-order valence-electron chi connectivity index (χ1n) is 7.14. The summed E-state index contributed by atoms with van der Waals surface area (Å²) in [5.41, 5.74) is 0.727. The zero-order valence-corrected chi connectivity index (χ0v) is 13.7. The third kappa shape index (κ3) is 3.83. The van der Waals surface area contributed by atoms with Gasteiger partial charge in [-0.25, -0.2) is 8.42 Å². The molecule has 7 heteroatoms. The maximum Gasteiger partial charge on any atom is 0.263 e. The molecule has 2 aromatic carbocycles. The average molecular weight is 351 g/mol. The standard InChI is InChI=1S/C16H15ClN2O3S/c17-14-6-1-2-7-15(14)23(21,22)19-13-5-3-4-11(10-13)16(20)18-12-8-9-12/h1-7,10,12,19H,8-9H2,(H,18,20). The van der Waals surface area contributed by atoms with E-state index in [-0.39, 0.29) is 21.9 Å². The molecule has 1 aliphatic carbocycles. The minimum Gasteiger partial charge on any atom is -0.349 e. The molecule has 0 radical (unpaired) electrons. The van der Waals surface area contributed by atoms with Crippen molar-refractivity contribution in [2.75, 3.05) is 4.72 Å².